The zero-order valence-corrected chi connectivity index (χ0v) is 15.5. The molecule has 1 saturated heterocycles. The Balaban J connectivity index is 1.77. The minimum atomic E-state index is -4.57. The van der Waals surface area contributed by atoms with Crippen LogP contribution in [-0.2, 0) is 9.53 Å². The second kappa shape index (κ2) is 7.12. The predicted molar refractivity (Wildman–Crippen MR) is 93.6 cm³/mol. The summed E-state index contributed by atoms with van der Waals surface area (Å²) in [5, 5.41) is 7.48. The van der Waals surface area contributed by atoms with Crippen LogP contribution in [0.15, 0.2) is 5.10 Å². The quantitative estimate of drug-likeness (QED) is 0.805. The molecule has 0 bridgehead atoms. The van der Waals surface area contributed by atoms with Gasteiger partial charge in [0.25, 0.3) is 5.91 Å². The lowest BCUT2D eigenvalue weighted by molar-refractivity contribution is -0.126. The fourth-order valence-corrected chi connectivity index (χ4v) is 4.40. The van der Waals surface area contributed by atoms with E-state index in [0.717, 1.165) is 9.89 Å². The molecule has 0 spiro atoms. The van der Waals surface area contributed by atoms with Gasteiger partial charge in [0.05, 0.1) is 11.5 Å². The number of anilines is 1. The average Bonchev–Trinajstić information content (AvgIpc) is 3.06. The molecule has 3 rings (SSSR count). The normalized spacial score (nSPS) is 22.4. The van der Waals surface area contributed by atoms with Crippen molar-refractivity contribution in [1.82, 2.24) is 5.01 Å². The number of thiophene rings is 1. The molecule has 0 aromatic carbocycles. The van der Waals surface area contributed by atoms with Crippen molar-refractivity contribution in [2.75, 3.05) is 18.5 Å². The Morgan fingerprint density at radius 3 is 2.74 bits per heavy atom. The third-order valence-electron chi connectivity index (χ3n) is 4.65. The fraction of sp³-hybridized carbons (Fsp3) is 0.562. The molecule has 148 valence electrons. The van der Waals surface area contributed by atoms with Crippen LogP contribution in [0.5, 0.6) is 0 Å². The third kappa shape index (κ3) is 3.79. The van der Waals surface area contributed by atoms with Crippen LogP contribution < -0.4 is 11.1 Å². The zero-order valence-electron chi connectivity index (χ0n) is 14.7. The van der Waals surface area contributed by atoms with Gasteiger partial charge in [-0.3, -0.25) is 14.6 Å². The van der Waals surface area contributed by atoms with Crippen molar-refractivity contribution in [3.63, 3.8) is 0 Å². The maximum atomic E-state index is 13.2. The highest BCUT2D eigenvalue weighted by atomic mass is 32.1. The van der Waals surface area contributed by atoms with E-state index in [1.165, 1.54) is 11.3 Å². The van der Waals surface area contributed by atoms with Crippen LogP contribution in [0.1, 0.15) is 33.6 Å². The molecule has 0 saturated carbocycles. The highest BCUT2D eigenvalue weighted by Crippen LogP contribution is 2.37. The number of fused-ring (bicyclic) bond motifs is 1. The monoisotopic (exact) mass is 404 g/mol. The lowest BCUT2D eigenvalue weighted by Crippen LogP contribution is -2.43. The van der Waals surface area contributed by atoms with Crippen LogP contribution in [0.25, 0.3) is 0 Å². The summed E-state index contributed by atoms with van der Waals surface area (Å²) in [7, 11) is 0. The SMILES string of the molecule is Cc1sc(NC(=O)CN2N=C(C(F)(F)F)C3CCCOC32)c(C(N)=O)c1C. The predicted octanol–water partition coefficient (Wildman–Crippen LogP) is 2.39. The molecule has 1 aromatic rings. The van der Waals surface area contributed by atoms with Crippen molar-refractivity contribution in [3.05, 3.63) is 16.0 Å². The van der Waals surface area contributed by atoms with Gasteiger partial charge in [-0.05, 0) is 32.3 Å². The Morgan fingerprint density at radius 2 is 2.11 bits per heavy atom. The summed E-state index contributed by atoms with van der Waals surface area (Å²) >= 11 is 1.18. The lowest BCUT2D eigenvalue weighted by atomic mass is 9.94. The van der Waals surface area contributed by atoms with E-state index in [9.17, 15) is 22.8 Å². The Morgan fingerprint density at radius 1 is 1.41 bits per heavy atom. The van der Waals surface area contributed by atoms with Crippen molar-refractivity contribution >= 4 is 33.9 Å². The van der Waals surface area contributed by atoms with Gasteiger partial charge in [-0.2, -0.15) is 18.3 Å². The van der Waals surface area contributed by atoms with Gasteiger partial charge in [-0.1, -0.05) is 0 Å². The molecule has 2 aliphatic heterocycles. The van der Waals surface area contributed by atoms with Crippen molar-refractivity contribution in [3.8, 4) is 0 Å². The zero-order chi connectivity index (χ0) is 19.9. The van der Waals surface area contributed by atoms with Crippen LogP contribution in [0.2, 0.25) is 0 Å². The minimum absolute atomic E-state index is 0.207. The molecule has 7 nitrogen and oxygen atoms in total. The molecule has 2 aliphatic rings. The van der Waals surface area contributed by atoms with E-state index in [0.29, 0.717) is 25.0 Å². The fourth-order valence-electron chi connectivity index (χ4n) is 3.32. The number of rotatable bonds is 4. The van der Waals surface area contributed by atoms with Crippen LogP contribution in [-0.4, -0.2) is 48.1 Å². The number of nitrogens with zero attached hydrogens (tertiary/aromatic N) is 2. The summed E-state index contributed by atoms with van der Waals surface area (Å²) in [6.07, 6.45) is -4.68. The van der Waals surface area contributed by atoms with Gasteiger partial charge >= 0.3 is 6.18 Å². The molecule has 0 radical (unpaired) electrons. The number of nitrogens with one attached hydrogen (secondary N) is 1. The van der Waals surface area contributed by atoms with Crippen molar-refractivity contribution < 1.29 is 27.5 Å². The third-order valence-corrected chi connectivity index (χ3v) is 5.78. The molecule has 3 heterocycles. The summed E-state index contributed by atoms with van der Waals surface area (Å²) in [6.45, 7) is 3.38. The molecule has 2 amide bonds. The number of ether oxygens (including phenoxy) is 1. The van der Waals surface area contributed by atoms with Gasteiger partial charge < -0.3 is 15.8 Å². The minimum Gasteiger partial charge on any atom is -0.365 e. The second-order valence-electron chi connectivity index (χ2n) is 6.49. The van der Waals surface area contributed by atoms with Crippen LogP contribution >= 0.6 is 11.3 Å². The largest absolute Gasteiger partial charge is 0.431 e. The Kier molecular flexibility index (Phi) is 5.17. The van der Waals surface area contributed by atoms with Gasteiger partial charge in [0.15, 0.2) is 6.23 Å². The van der Waals surface area contributed by atoms with E-state index in [2.05, 4.69) is 10.4 Å². The van der Waals surface area contributed by atoms with Crippen LogP contribution in [0.3, 0.4) is 0 Å². The van der Waals surface area contributed by atoms with Crippen LogP contribution in [0.4, 0.5) is 18.2 Å². The maximum absolute atomic E-state index is 13.2. The second-order valence-corrected chi connectivity index (χ2v) is 7.72. The number of alkyl halides is 3. The average molecular weight is 404 g/mol. The molecular formula is C16H19F3N4O3S. The number of carbonyl (C=O) groups excluding carboxylic acids is 2. The highest BCUT2D eigenvalue weighted by molar-refractivity contribution is 7.16. The van der Waals surface area contributed by atoms with Gasteiger partial charge in [0, 0.05) is 11.5 Å². The Hall–Kier alpha value is -2.14. The van der Waals surface area contributed by atoms with E-state index in [1.807, 2.05) is 0 Å². The van der Waals surface area contributed by atoms with Gasteiger partial charge in [-0.25, -0.2) is 0 Å². The smallest absolute Gasteiger partial charge is 0.365 e. The number of carbonyl (C=O) groups is 2. The van der Waals surface area contributed by atoms with E-state index in [-0.39, 0.29) is 10.6 Å². The number of nitrogens with two attached hydrogens (primary N) is 1. The first-order chi connectivity index (χ1) is 12.6. The number of hydrogen-bond acceptors (Lipinski definition) is 6. The van der Waals surface area contributed by atoms with E-state index in [4.69, 9.17) is 10.5 Å². The number of hydrazone groups is 1. The Bertz CT molecular complexity index is 806. The molecule has 2 unspecified atom stereocenters. The molecule has 0 aliphatic carbocycles. The molecule has 11 heteroatoms. The number of halogens is 3. The van der Waals surface area contributed by atoms with Crippen LogP contribution in [0, 0.1) is 19.8 Å². The topological polar surface area (TPSA) is 97.0 Å². The van der Waals surface area contributed by atoms with Crippen molar-refractivity contribution in [1.29, 1.82) is 0 Å². The lowest BCUT2D eigenvalue weighted by Gasteiger charge is -2.31. The number of aryl methyl sites for hydroxylation is 1. The summed E-state index contributed by atoms with van der Waals surface area (Å²) in [4.78, 5) is 24.8. The molecule has 2 atom stereocenters. The van der Waals surface area contributed by atoms with Gasteiger partial charge in [0.1, 0.15) is 17.3 Å². The standard InChI is InChI=1S/C16H19F3N4O3S/c1-7-8(2)27-14(11(7)13(20)25)21-10(24)6-23-15-9(4-3-5-26-15)12(22-23)16(17,18)19/h9,15H,3-6H2,1-2H3,(H2,20,25)(H,21,24). The molecule has 3 N–H and O–H groups in total. The summed E-state index contributed by atoms with van der Waals surface area (Å²) in [5.41, 5.74) is 5.32. The molecule has 27 heavy (non-hydrogen) atoms. The first-order valence-electron chi connectivity index (χ1n) is 8.33. The van der Waals surface area contributed by atoms with Gasteiger partial charge in [-0.15, -0.1) is 11.3 Å². The summed E-state index contributed by atoms with van der Waals surface area (Å²) in [6, 6.07) is 0. The van der Waals surface area contributed by atoms with Crippen molar-refractivity contribution in [2.24, 2.45) is 16.8 Å². The first kappa shape index (κ1) is 19.6. The van der Waals surface area contributed by atoms with E-state index < -0.39 is 42.4 Å². The van der Waals surface area contributed by atoms with E-state index in [1.54, 1.807) is 13.8 Å². The molecule has 1 aromatic heterocycles. The molecule has 1 fully saturated rings. The maximum Gasteiger partial charge on any atom is 0.431 e. The number of hydrogen-bond donors (Lipinski definition) is 2. The Labute approximate surface area is 157 Å². The first-order valence-corrected chi connectivity index (χ1v) is 9.14. The number of amides is 2. The van der Waals surface area contributed by atoms with Crippen molar-refractivity contribution in [2.45, 2.75) is 39.1 Å². The highest BCUT2D eigenvalue weighted by Gasteiger charge is 2.51. The molecular weight excluding hydrogens is 385 g/mol. The summed E-state index contributed by atoms with van der Waals surface area (Å²) in [5.74, 6) is -2.18. The van der Waals surface area contributed by atoms with E-state index >= 15 is 0 Å². The summed E-state index contributed by atoms with van der Waals surface area (Å²) < 4.78 is 45.1. The van der Waals surface area contributed by atoms with Gasteiger partial charge in [0.2, 0.25) is 5.91 Å². The number of primary amides is 1.